The quantitative estimate of drug-likeness (QED) is 0.769. The van der Waals surface area contributed by atoms with Crippen LogP contribution in [0.2, 0.25) is 0 Å². The molecule has 0 saturated carbocycles. The number of hydrogen-bond donors (Lipinski definition) is 1. The first kappa shape index (κ1) is 17.9. The van der Waals surface area contributed by atoms with Crippen LogP contribution in [0.25, 0.3) is 0 Å². The number of anilines is 1. The van der Waals surface area contributed by atoms with E-state index in [0.717, 1.165) is 54.6 Å². The van der Waals surface area contributed by atoms with Gasteiger partial charge in [-0.3, -0.25) is 4.79 Å². The highest BCUT2D eigenvalue weighted by Gasteiger charge is 2.21. The van der Waals surface area contributed by atoms with E-state index in [-0.39, 0.29) is 12.0 Å². The maximum Gasteiger partial charge on any atom is 0.234 e. The molecular weight excluding hydrogens is 336 g/mol. The van der Waals surface area contributed by atoms with Crippen molar-refractivity contribution < 1.29 is 9.53 Å². The minimum absolute atomic E-state index is 0.0379. The number of para-hydroxylation sites is 1. The third-order valence-electron chi connectivity index (χ3n) is 4.27. The number of aryl methyl sites for hydroxylation is 2. The van der Waals surface area contributed by atoms with Crippen molar-refractivity contribution in [2.75, 3.05) is 17.7 Å². The molecule has 1 saturated heterocycles. The number of aromatic nitrogens is 3. The van der Waals surface area contributed by atoms with Crippen LogP contribution < -0.4 is 5.32 Å². The molecule has 1 aromatic carbocycles. The maximum absolute atomic E-state index is 12.3. The summed E-state index contributed by atoms with van der Waals surface area (Å²) >= 11 is 1.42. The topological polar surface area (TPSA) is 69.0 Å². The monoisotopic (exact) mass is 360 g/mol. The molecule has 0 aliphatic carbocycles. The summed E-state index contributed by atoms with van der Waals surface area (Å²) in [5.41, 5.74) is 1.90. The number of hydrogen-bond acceptors (Lipinski definition) is 5. The fraction of sp³-hybridized carbons (Fsp3) is 0.500. The molecule has 0 spiro atoms. The predicted octanol–water partition coefficient (Wildman–Crippen LogP) is 3.06. The van der Waals surface area contributed by atoms with E-state index in [1.54, 1.807) is 0 Å². The van der Waals surface area contributed by atoms with Gasteiger partial charge in [0.15, 0.2) is 5.16 Å². The van der Waals surface area contributed by atoms with Gasteiger partial charge in [0.2, 0.25) is 5.91 Å². The highest BCUT2D eigenvalue weighted by atomic mass is 32.2. The van der Waals surface area contributed by atoms with Crippen LogP contribution >= 0.6 is 11.8 Å². The Morgan fingerprint density at radius 1 is 1.40 bits per heavy atom. The van der Waals surface area contributed by atoms with Crippen molar-refractivity contribution in [3.63, 3.8) is 0 Å². The van der Waals surface area contributed by atoms with Crippen molar-refractivity contribution in [3.05, 3.63) is 35.7 Å². The summed E-state index contributed by atoms with van der Waals surface area (Å²) in [5.74, 6) is 1.21. The van der Waals surface area contributed by atoms with Gasteiger partial charge in [-0.15, -0.1) is 10.2 Å². The van der Waals surface area contributed by atoms with Crippen molar-refractivity contribution >= 4 is 23.4 Å². The van der Waals surface area contributed by atoms with E-state index in [4.69, 9.17) is 4.74 Å². The first-order valence-corrected chi connectivity index (χ1v) is 9.68. The highest BCUT2D eigenvalue weighted by molar-refractivity contribution is 7.99. The molecule has 2 heterocycles. The fourth-order valence-corrected chi connectivity index (χ4v) is 3.66. The second-order valence-electron chi connectivity index (χ2n) is 6.15. The zero-order valence-corrected chi connectivity index (χ0v) is 15.5. The third kappa shape index (κ3) is 4.61. The summed E-state index contributed by atoms with van der Waals surface area (Å²) in [5, 5.41) is 12.3. The van der Waals surface area contributed by atoms with E-state index in [9.17, 15) is 4.79 Å². The Hall–Kier alpha value is -1.86. The van der Waals surface area contributed by atoms with E-state index < -0.39 is 0 Å². The molecule has 6 nitrogen and oxygen atoms in total. The lowest BCUT2D eigenvalue weighted by molar-refractivity contribution is -0.113. The van der Waals surface area contributed by atoms with Crippen LogP contribution in [-0.2, 0) is 22.5 Å². The van der Waals surface area contributed by atoms with E-state index in [1.165, 1.54) is 11.8 Å². The number of nitrogens with one attached hydrogen (secondary N) is 1. The van der Waals surface area contributed by atoms with Crippen LogP contribution in [0.4, 0.5) is 5.69 Å². The third-order valence-corrected chi connectivity index (χ3v) is 5.24. The molecule has 1 unspecified atom stereocenters. The van der Waals surface area contributed by atoms with Crippen molar-refractivity contribution in [1.82, 2.24) is 14.8 Å². The Labute approximate surface area is 152 Å². The molecule has 1 aliphatic heterocycles. The van der Waals surface area contributed by atoms with Gasteiger partial charge in [0.1, 0.15) is 5.82 Å². The second-order valence-corrected chi connectivity index (χ2v) is 7.09. The number of benzene rings is 1. The second kappa shape index (κ2) is 8.49. The Morgan fingerprint density at radius 3 is 2.96 bits per heavy atom. The molecule has 7 heteroatoms. The van der Waals surface area contributed by atoms with Gasteiger partial charge in [0.25, 0.3) is 0 Å². The lowest BCUT2D eigenvalue weighted by Crippen LogP contribution is -2.19. The molecule has 25 heavy (non-hydrogen) atoms. The van der Waals surface area contributed by atoms with Crippen molar-refractivity contribution in [3.8, 4) is 0 Å². The SMILES string of the molecule is CCc1nnc(SCC(=O)Nc2ccccc2C)n1CC1CCCO1. The van der Waals surface area contributed by atoms with Crippen molar-refractivity contribution in [2.24, 2.45) is 0 Å². The van der Waals surface area contributed by atoms with E-state index >= 15 is 0 Å². The van der Waals surface area contributed by atoms with Gasteiger partial charge >= 0.3 is 0 Å². The van der Waals surface area contributed by atoms with Gasteiger partial charge < -0.3 is 14.6 Å². The van der Waals surface area contributed by atoms with Crippen molar-refractivity contribution in [1.29, 1.82) is 0 Å². The number of ether oxygens (including phenoxy) is 1. The Kier molecular flexibility index (Phi) is 6.09. The van der Waals surface area contributed by atoms with Crippen LogP contribution in [0, 0.1) is 6.92 Å². The maximum atomic E-state index is 12.3. The van der Waals surface area contributed by atoms with Crippen molar-refractivity contribution in [2.45, 2.75) is 50.9 Å². The first-order valence-electron chi connectivity index (χ1n) is 8.69. The van der Waals surface area contributed by atoms with E-state index in [0.29, 0.717) is 5.75 Å². The summed E-state index contributed by atoms with van der Waals surface area (Å²) in [7, 11) is 0. The minimum Gasteiger partial charge on any atom is -0.376 e. The molecule has 1 N–H and O–H groups in total. The molecule has 1 fully saturated rings. The molecule has 1 aromatic heterocycles. The van der Waals surface area contributed by atoms with Crippen LogP contribution in [0.5, 0.6) is 0 Å². The predicted molar refractivity (Wildman–Crippen MR) is 98.9 cm³/mol. The van der Waals surface area contributed by atoms with Gasteiger partial charge in [-0.1, -0.05) is 36.9 Å². The smallest absolute Gasteiger partial charge is 0.234 e. The van der Waals surface area contributed by atoms with Gasteiger partial charge in [-0.05, 0) is 31.4 Å². The number of nitrogens with zero attached hydrogens (tertiary/aromatic N) is 3. The summed E-state index contributed by atoms with van der Waals surface area (Å²) in [6.45, 7) is 5.64. The number of carbonyl (C=O) groups is 1. The Balaban J connectivity index is 1.61. The standard InChI is InChI=1S/C18H24N4O2S/c1-3-16-20-21-18(22(16)11-14-8-6-10-24-14)25-12-17(23)19-15-9-5-4-7-13(15)2/h4-5,7,9,14H,3,6,8,10-12H2,1-2H3,(H,19,23). The molecule has 0 bridgehead atoms. The summed E-state index contributed by atoms with van der Waals surface area (Å²) in [6, 6.07) is 7.77. The van der Waals surface area contributed by atoms with Gasteiger partial charge in [0.05, 0.1) is 18.4 Å². The summed E-state index contributed by atoms with van der Waals surface area (Å²) in [4.78, 5) is 12.3. The minimum atomic E-state index is -0.0379. The average Bonchev–Trinajstić information content (AvgIpc) is 3.25. The van der Waals surface area contributed by atoms with Gasteiger partial charge in [0, 0.05) is 18.7 Å². The Bertz CT molecular complexity index is 726. The lowest BCUT2D eigenvalue weighted by Gasteiger charge is -2.14. The zero-order valence-electron chi connectivity index (χ0n) is 14.7. The lowest BCUT2D eigenvalue weighted by atomic mass is 10.2. The van der Waals surface area contributed by atoms with Crippen LogP contribution in [-0.4, -0.2) is 39.1 Å². The fourth-order valence-electron chi connectivity index (χ4n) is 2.89. The molecule has 2 aromatic rings. The van der Waals surface area contributed by atoms with E-state index in [2.05, 4.69) is 27.0 Å². The van der Waals surface area contributed by atoms with E-state index in [1.807, 2.05) is 31.2 Å². The summed E-state index contributed by atoms with van der Waals surface area (Å²) in [6.07, 6.45) is 3.21. The largest absolute Gasteiger partial charge is 0.376 e. The molecule has 0 radical (unpaired) electrons. The number of amides is 1. The number of carbonyl (C=O) groups excluding carboxylic acids is 1. The van der Waals surface area contributed by atoms with Crippen LogP contribution in [0.15, 0.2) is 29.4 Å². The first-order chi connectivity index (χ1) is 12.2. The summed E-state index contributed by atoms with van der Waals surface area (Å²) < 4.78 is 7.83. The molecule has 3 rings (SSSR count). The molecule has 1 aliphatic rings. The van der Waals surface area contributed by atoms with Gasteiger partial charge in [-0.2, -0.15) is 0 Å². The number of thioether (sulfide) groups is 1. The molecular formula is C18H24N4O2S. The van der Waals surface area contributed by atoms with Crippen LogP contribution in [0.1, 0.15) is 31.2 Å². The molecule has 1 amide bonds. The van der Waals surface area contributed by atoms with Crippen LogP contribution in [0.3, 0.4) is 0 Å². The highest BCUT2D eigenvalue weighted by Crippen LogP contribution is 2.22. The normalized spacial score (nSPS) is 17.0. The average molecular weight is 360 g/mol. The molecule has 134 valence electrons. The zero-order chi connectivity index (χ0) is 17.6. The Morgan fingerprint density at radius 2 is 2.24 bits per heavy atom. The molecule has 1 atom stereocenters. The number of rotatable bonds is 7. The van der Waals surface area contributed by atoms with Gasteiger partial charge in [-0.25, -0.2) is 0 Å².